The molecule has 0 N–H and O–H groups in total. The third kappa shape index (κ3) is 2.55. The van der Waals surface area contributed by atoms with Gasteiger partial charge >= 0.3 is 0 Å². The fourth-order valence-electron chi connectivity index (χ4n) is 0.842. The van der Waals surface area contributed by atoms with Crippen molar-refractivity contribution in [2.24, 2.45) is 0 Å². The highest BCUT2D eigenvalue weighted by Gasteiger charge is 1.88. The molecule has 1 aromatic rings. The van der Waals surface area contributed by atoms with Gasteiger partial charge in [0.1, 0.15) is 0 Å². The molecule has 0 heterocycles. The van der Waals surface area contributed by atoms with Gasteiger partial charge in [-0.15, -0.1) is 0 Å². The Hall–Kier alpha value is -0.490. The van der Waals surface area contributed by atoms with Gasteiger partial charge in [0.25, 0.3) is 0 Å². The largest absolute Gasteiger partial charge is 0.0872 e. The lowest BCUT2D eigenvalue weighted by Gasteiger charge is -1.93. The SMILES string of the molecule is Cc1ccccc1C#CCI. The molecule has 0 aliphatic carbocycles. The van der Waals surface area contributed by atoms with Crippen LogP contribution in [-0.2, 0) is 0 Å². The molecular formula is C10H9I. The molecule has 0 nitrogen and oxygen atoms in total. The zero-order valence-corrected chi connectivity index (χ0v) is 8.55. The van der Waals surface area contributed by atoms with Gasteiger partial charge in [-0.1, -0.05) is 52.6 Å². The molecule has 0 radical (unpaired) electrons. The highest BCUT2D eigenvalue weighted by molar-refractivity contribution is 14.1. The van der Waals surface area contributed by atoms with Crippen LogP contribution in [0.25, 0.3) is 0 Å². The van der Waals surface area contributed by atoms with Crippen LogP contribution in [0, 0.1) is 18.8 Å². The van der Waals surface area contributed by atoms with Crippen molar-refractivity contribution in [2.75, 3.05) is 4.43 Å². The van der Waals surface area contributed by atoms with Crippen LogP contribution < -0.4 is 0 Å². The van der Waals surface area contributed by atoms with Crippen molar-refractivity contribution in [1.82, 2.24) is 0 Å². The lowest BCUT2D eigenvalue weighted by molar-refractivity contribution is 1.44. The highest BCUT2D eigenvalue weighted by atomic mass is 127. The molecule has 56 valence electrons. The Morgan fingerprint density at radius 1 is 1.36 bits per heavy atom. The van der Waals surface area contributed by atoms with E-state index < -0.39 is 0 Å². The molecule has 1 rings (SSSR count). The maximum Gasteiger partial charge on any atom is 0.0613 e. The van der Waals surface area contributed by atoms with E-state index in [4.69, 9.17) is 0 Å². The van der Waals surface area contributed by atoms with E-state index in [0.717, 1.165) is 9.99 Å². The Kier molecular flexibility index (Phi) is 3.44. The van der Waals surface area contributed by atoms with Crippen LogP contribution in [0.5, 0.6) is 0 Å². The number of hydrogen-bond acceptors (Lipinski definition) is 0. The van der Waals surface area contributed by atoms with E-state index >= 15 is 0 Å². The molecule has 0 unspecified atom stereocenters. The van der Waals surface area contributed by atoms with Crippen LogP contribution in [-0.4, -0.2) is 4.43 Å². The molecule has 0 amide bonds. The maximum absolute atomic E-state index is 3.11. The number of benzene rings is 1. The zero-order valence-electron chi connectivity index (χ0n) is 6.39. The Morgan fingerprint density at radius 2 is 2.09 bits per heavy atom. The quantitative estimate of drug-likeness (QED) is 0.380. The predicted octanol–water partition coefficient (Wildman–Crippen LogP) is 2.78. The molecule has 0 aliphatic rings. The maximum atomic E-state index is 3.11. The van der Waals surface area contributed by atoms with E-state index in [1.54, 1.807) is 0 Å². The molecule has 11 heavy (non-hydrogen) atoms. The van der Waals surface area contributed by atoms with Crippen LogP contribution in [0.2, 0.25) is 0 Å². The normalized spacial score (nSPS) is 8.55. The number of hydrogen-bond donors (Lipinski definition) is 0. The monoisotopic (exact) mass is 256 g/mol. The summed E-state index contributed by atoms with van der Waals surface area (Å²) in [4.78, 5) is 0. The molecule has 0 aromatic heterocycles. The second-order valence-electron chi connectivity index (χ2n) is 2.25. The molecule has 0 fully saturated rings. The van der Waals surface area contributed by atoms with Gasteiger partial charge in [0, 0.05) is 5.56 Å². The van der Waals surface area contributed by atoms with Gasteiger partial charge < -0.3 is 0 Å². The Labute approximate surface area is 81.2 Å². The summed E-state index contributed by atoms with van der Waals surface area (Å²) in [5.74, 6) is 6.15. The second-order valence-corrected chi connectivity index (χ2v) is 3.01. The third-order valence-corrected chi connectivity index (χ3v) is 1.82. The minimum atomic E-state index is 0.895. The van der Waals surface area contributed by atoms with Crippen molar-refractivity contribution in [3.63, 3.8) is 0 Å². The Bertz CT molecular complexity index is 291. The van der Waals surface area contributed by atoms with Gasteiger partial charge in [-0.2, -0.15) is 0 Å². The number of aryl methyl sites for hydroxylation is 1. The molecule has 0 atom stereocenters. The molecule has 0 aliphatic heterocycles. The summed E-state index contributed by atoms with van der Waals surface area (Å²) in [7, 11) is 0. The van der Waals surface area contributed by atoms with Crippen LogP contribution in [0.3, 0.4) is 0 Å². The van der Waals surface area contributed by atoms with Crippen molar-refractivity contribution in [3.05, 3.63) is 35.4 Å². The first kappa shape index (κ1) is 8.61. The highest BCUT2D eigenvalue weighted by Crippen LogP contribution is 2.04. The summed E-state index contributed by atoms with van der Waals surface area (Å²) in [5, 5.41) is 0. The minimum absolute atomic E-state index is 0.895. The van der Waals surface area contributed by atoms with E-state index in [0.29, 0.717) is 0 Å². The molecule has 1 aromatic carbocycles. The van der Waals surface area contributed by atoms with Crippen molar-refractivity contribution < 1.29 is 0 Å². The van der Waals surface area contributed by atoms with Crippen molar-refractivity contribution >= 4 is 22.6 Å². The summed E-state index contributed by atoms with van der Waals surface area (Å²) < 4.78 is 0.895. The first-order valence-electron chi connectivity index (χ1n) is 3.45. The van der Waals surface area contributed by atoms with Gasteiger partial charge in [-0.3, -0.25) is 0 Å². The van der Waals surface area contributed by atoms with Crippen LogP contribution in [0.15, 0.2) is 24.3 Å². The van der Waals surface area contributed by atoms with Crippen molar-refractivity contribution in [3.8, 4) is 11.8 Å². The average Bonchev–Trinajstić information content (AvgIpc) is 2.03. The van der Waals surface area contributed by atoms with E-state index in [1.807, 2.05) is 12.1 Å². The van der Waals surface area contributed by atoms with Crippen LogP contribution >= 0.6 is 22.6 Å². The molecule has 0 saturated heterocycles. The fraction of sp³-hybridized carbons (Fsp3) is 0.200. The summed E-state index contributed by atoms with van der Waals surface area (Å²) >= 11 is 2.25. The van der Waals surface area contributed by atoms with E-state index in [1.165, 1.54) is 5.56 Å². The van der Waals surface area contributed by atoms with Crippen LogP contribution in [0.1, 0.15) is 11.1 Å². The van der Waals surface area contributed by atoms with E-state index in [2.05, 4.69) is 53.5 Å². The number of halogens is 1. The standard InChI is InChI=1S/C10H9I/c1-9-5-2-3-6-10(9)7-4-8-11/h2-3,5-6H,8H2,1H3. The first-order chi connectivity index (χ1) is 5.34. The zero-order chi connectivity index (χ0) is 8.10. The molecular weight excluding hydrogens is 247 g/mol. The lowest BCUT2D eigenvalue weighted by Crippen LogP contribution is -1.79. The summed E-state index contributed by atoms with van der Waals surface area (Å²) in [6.07, 6.45) is 0. The van der Waals surface area contributed by atoms with E-state index in [-0.39, 0.29) is 0 Å². The van der Waals surface area contributed by atoms with E-state index in [9.17, 15) is 0 Å². The average molecular weight is 256 g/mol. The topological polar surface area (TPSA) is 0 Å². The van der Waals surface area contributed by atoms with Gasteiger partial charge in [0.05, 0.1) is 4.43 Å². The summed E-state index contributed by atoms with van der Waals surface area (Å²) in [6, 6.07) is 8.18. The Balaban J connectivity index is 2.95. The van der Waals surface area contributed by atoms with Crippen molar-refractivity contribution in [1.29, 1.82) is 0 Å². The summed E-state index contributed by atoms with van der Waals surface area (Å²) in [6.45, 7) is 2.08. The van der Waals surface area contributed by atoms with Gasteiger partial charge in [-0.05, 0) is 18.6 Å². The second kappa shape index (κ2) is 4.40. The predicted molar refractivity (Wildman–Crippen MR) is 56.9 cm³/mol. The lowest BCUT2D eigenvalue weighted by atomic mass is 10.1. The number of alkyl halides is 1. The molecule has 0 saturated carbocycles. The van der Waals surface area contributed by atoms with Gasteiger partial charge in [0.15, 0.2) is 0 Å². The molecule has 1 heteroatoms. The fourth-order valence-corrected chi connectivity index (χ4v) is 1.03. The Morgan fingerprint density at radius 3 is 2.73 bits per heavy atom. The number of rotatable bonds is 0. The smallest absolute Gasteiger partial charge is 0.0613 e. The summed E-state index contributed by atoms with van der Waals surface area (Å²) in [5.41, 5.74) is 2.40. The first-order valence-corrected chi connectivity index (χ1v) is 4.97. The van der Waals surface area contributed by atoms with Crippen molar-refractivity contribution in [2.45, 2.75) is 6.92 Å². The molecule has 0 bridgehead atoms. The van der Waals surface area contributed by atoms with Gasteiger partial charge in [0.2, 0.25) is 0 Å². The van der Waals surface area contributed by atoms with Gasteiger partial charge in [-0.25, -0.2) is 0 Å². The minimum Gasteiger partial charge on any atom is -0.0872 e. The van der Waals surface area contributed by atoms with Crippen LogP contribution in [0.4, 0.5) is 0 Å². The third-order valence-electron chi connectivity index (χ3n) is 1.43. The molecule has 0 spiro atoms.